The van der Waals surface area contributed by atoms with E-state index >= 15 is 0 Å². The molecule has 0 aliphatic rings. The Morgan fingerprint density at radius 2 is 1.44 bits per heavy atom. The maximum Gasteiger partial charge on any atom is 0.105 e. The van der Waals surface area contributed by atoms with Gasteiger partial charge in [-0.3, -0.25) is 4.99 Å². The molecule has 0 spiro atoms. The van der Waals surface area contributed by atoms with Crippen LogP contribution in [0, 0.1) is 5.92 Å². The predicted molar refractivity (Wildman–Crippen MR) is 112 cm³/mol. The van der Waals surface area contributed by atoms with Gasteiger partial charge in [0.15, 0.2) is 0 Å². The quantitative estimate of drug-likeness (QED) is 0.463. The van der Waals surface area contributed by atoms with E-state index in [1.54, 1.807) is 0 Å². The molecule has 2 nitrogen and oxygen atoms in total. The van der Waals surface area contributed by atoms with Crippen molar-refractivity contribution in [3.8, 4) is 0 Å². The van der Waals surface area contributed by atoms with Crippen molar-refractivity contribution in [1.29, 1.82) is 0 Å². The molecule has 0 atom stereocenters. The average Bonchev–Trinajstić information content (AvgIpc) is 2.61. The normalized spacial score (nSPS) is 12.8. The molecule has 0 fully saturated rings. The fraction of sp³-hybridized carbons (Fsp3) is 0.409. The van der Waals surface area contributed by atoms with Crippen LogP contribution in [0.2, 0.25) is 0 Å². The van der Waals surface area contributed by atoms with Crippen LogP contribution >= 0.6 is 8.15 Å². The zero-order valence-corrected chi connectivity index (χ0v) is 17.0. The molecule has 2 rings (SSSR count). The van der Waals surface area contributed by atoms with Crippen LogP contribution in [-0.2, 0) is 4.52 Å². The standard InChI is InChI=1S/C22H30NOP/c1-18(2)16-17-23-19(3)22(4,5)24-25(20-12-8-6-9-13-20)21-14-10-7-11-15-21/h6-15,18H,16-17H2,1-5H3. The van der Waals surface area contributed by atoms with Gasteiger partial charge in [-0.2, -0.15) is 0 Å². The third kappa shape index (κ3) is 6.06. The lowest BCUT2D eigenvalue weighted by molar-refractivity contribution is 0.210. The van der Waals surface area contributed by atoms with E-state index in [-0.39, 0.29) is 0 Å². The molecule has 0 amide bonds. The SMILES string of the molecule is CC(=NCCC(C)C)C(C)(C)OP(c1ccccc1)c1ccccc1. The van der Waals surface area contributed by atoms with E-state index in [1.807, 2.05) is 12.1 Å². The highest BCUT2D eigenvalue weighted by Crippen LogP contribution is 2.40. The van der Waals surface area contributed by atoms with Gasteiger partial charge in [0.05, 0.1) is 8.15 Å². The Kier molecular flexibility index (Phi) is 7.35. The Morgan fingerprint density at radius 1 is 0.960 bits per heavy atom. The van der Waals surface area contributed by atoms with Gasteiger partial charge in [-0.05, 0) is 33.1 Å². The Labute approximate surface area is 154 Å². The molecule has 2 aromatic carbocycles. The highest BCUT2D eigenvalue weighted by Gasteiger charge is 2.29. The second-order valence-corrected chi connectivity index (χ2v) is 9.02. The third-order valence-electron chi connectivity index (χ3n) is 4.23. The van der Waals surface area contributed by atoms with Crippen LogP contribution in [0.1, 0.15) is 41.0 Å². The minimum atomic E-state index is -0.880. The minimum absolute atomic E-state index is 0.394. The average molecular weight is 355 g/mol. The molecule has 0 heterocycles. The molecular formula is C22H30NOP. The lowest BCUT2D eigenvalue weighted by Gasteiger charge is -2.31. The van der Waals surface area contributed by atoms with Crippen molar-refractivity contribution in [2.24, 2.45) is 10.9 Å². The van der Waals surface area contributed by atoms with Crippen LogP contribution in [0.15, 0.2) is 65.7 Å². The summed E-state index contributed by atoms with van der Waals surface area (Å²) in [5.74, 6) is 0.673. The van der Waals surface area contributed by atoms with Crippen molar-refractivity contribution < 1.29 is 4.52 Å². The minimum Gasteiger partial charge on any atom is -0.338 e. The van der Waals surface area contributed by atoms with Gasteiger partial charge in [0.1, 0.15) is 5.60 Å². The van der Waals surface area contributed by atoms with Gasteiger partial charge < -0.3 is 4.52 Å². The molecule has 2 aromatic rings. The molecule has 0 unspecified atom stereocenters. The number of benzene rings is 2. The van der Waals surface area contributed by atoms with Crippen molar-refractivity contribution in [1.82, 2.24) is 0 Å². The van der Waals surface area contributed by atoms with E-state index in [2.05, 4.69) is 83.1 Å². The fourth-order valence-corrected chi connectivity index (χ4v) is 4.34. The van der Waals surface area contributed by atoms with Crippen molar-refractivity contribution in [2.75, 3.05) is 6.54 Å². The number of nitrogens with zero attached hydrogens (tertiary/aromatic N) is 1. The summed E-state index contributed by atoms with van der Waals surface area (Å²) < 4.78 is 6.66. The molecule has 134 valence electrons. The van der Waals surface area contributed by atoms with Crippen LogP contribution < -0.4 is 10.6 Å². The van der Waals surface area contributed by atoms with Crippen LogP contribution in [0.25, 0.3) is 0 Å². The number of hydrogen-bond donors (Lipinski definition) is 0. The van der Waals surface area contributed by atoms with E-state index in [4.69, 9.17) is 9.52 Å². The first-order valence-corrected chi connectivity index (χ1v) is 10.3. The second-order valence-electron chi connectivity index (χ2n) is 7.22. The monoisotopic (exact) mass is 355 g/mol. The van der Waals surface area contributed by atoms with Gasteiger partial charge in [-0.1, -0.05) is 74.5 Å². The summed E-state index contributed by atoms with van der Waals surface area (Å²) in [5.41, 5.74) is 0.668. The lowest BCUT2D eigenvalue weighted by Crippen LogP contribution is -2.34. The van der Waals surface area contributed by atoms with Gasteiger partial charge in [-0.25, -0.2) is 0 Å². The number of rotatable bonds is 8. The molecule has 0 saturated carbocycles. The first kappa shape index (κ1) is 19.8. The van der Waals surface area contributed by atoms with Gasteiger partial charge >= 0.3 is 0 Å². The number of hydrogen-bond acceptors (Lipinski definition) is 2. The van der Waals surface area contributed by atoms with Crippen molar-refractivity contribution >= 4 is 24.5 Å². The van der Waals surface area contributed by atoms with E-state index in [9.17, 15) is 0 Å². The van der Waals surface area contributed by atoms with E-state index in [1.165, 1.54) is 10.6 Å². The zero-order valence-electron chi connectivity index (χ0n) is 16.1. The highest BCUT2D eigenvalue weighted by atomic mass is 31.1. The maximum absolute atomic E-state index is 6.66. The molecule has 25 heavy (non-hydrogen) atoms. The van der Waals surface area contributed by atoms with Crippen LogP contribution in [0.3, 0.4) is 0 Å². The predicted octanol–water partition coefficient (Wildman–Crippen LogP) is 5.34. The van der Waals surface area contributed by atoms with Crippen LogP contribution in [0.4, 0.5) is 0 Å². The highest BCUT2D eigenvalue weighted by molar-refractivity contribution is 7.68. The van der Waals surface area contributed by atoms with Crippen LogP contribution in [0.5, 0.6) is 0 Å². The van der Waals surface area contributed by atoms with Gasteiger partial charge in [0.2, 0.25) is 0 Å². The Bertz CT molecular complexity index is 625. The molecule has 0 radical (unpaired) electrons. The molecule has 0 bridgehead atoms. The molecule has 3 heteroatoms. The summed E-state index contributed by atoms with van der Waals surface area (Å²) in [4.78, 5) is 4.78. The summed E-state index contributed by atoms with van der Waals surface area (Å²) in [7, 11) is -0.880. The van der Waals surface area contributed by atoms with Crippen molar-refractivity contribution in [3.05, 3.63) is 60.7 Å². The van der Waals surface area contributed by atoms with Crippen molar-refractivity contribution in [2.45, 2.75) is 46.6 Å². The lowest BCUT2D eigenvalue weighted by atomic mass is 10.0. The maximum atomic E-state index is 6.66. The molecule has 0 aromatic heterocycles. The van der Waals surface area contributed by atoms with E-state index in [0.29, 0.717) is 5.92 Å². The topological polar surface area (TPSA) is 21.6 Å². The Balaban J connectivity index is 2.24. The summed E-state index contributed by atoms with van der Waals surface area (Å²) in [6, 6.07) is 21.0. The molecular weight excluding hydrogens is 325 g/mol. The van der Waals surface area contributed by atoms with E-state index in [0.717, 1.165) is 18.7 Å². The summed E-state index contributed by atoms with van der Waals surface area (Å²) in [6.07, 6.45) is 1.11. The largest absolute Gasteiger partial charge is 0.338 e. The first-order chi connectivity index (χ1) is 11.9. The van der Waals surface area contributed by atoms with Crippen molar-refractivity contribution in [3.63, 3.8) is 0 Å². The third-order valence-corrected chi connectivity index (χ3v) is 6.40. The molecule has 0 saturated heterocycles. The number of aliphatic imine (C=N–C) groups is 1. The van der Waals surface area contributed by atoms with Gasteiger partial charge in [0, 0.05) is 22.9 Å². The molecule has 0 N–H and O–H groups in total. The van der Waals surface area contributed by atoms with Crippen LogP contribution in [-0.4, -0.2) is 17.9 Å². The second kappa shape index (κ2) is 9.27. The molecule has 0 aliphatic carbocycles. The first-order valence-electron chi connectivity index (χ1n) is 9.01. The summed E-state index contributed by atoms with van der Waals surface area (Å²) in [5, 5.41) is 2.46. The van der Waals surface area contributed by atoms with E-state index < -0.39 is 13.7 Å². The van der Waals surface area contributed by atoms with Gasteiger partial charge in [-0.15, -0.1) is 0 Å². The smallest absolute Gasteiger partial charge is 0.105 e. The van der Waals surface area contributed by atoms with Gasteiger partial charge in [0.25, 0.3) is 0 Å². The Hall–Kier alpha value is -1.50. The summed E-state index contributed by atoms with van der Waals surface area (Å²) >= 11 is 0. The summed E-state index contributed by atoms with van der Waals surface area (Å²) in [6.45, 7) is 11.7. The fourth-order valence-electron chi connectivity index (χ4n) is 2.36. The Morgan fingerprint density at radius 3 is 1.88 bits per heavy atom. The molecule has 0 aliphatic heterocycles. The zero-order chi connectivity index (χ0) is 18.3.